The smallest absolute Gasteiger partial charge is 0.341 e. The lowest BCUT2D eigenvalue weighted by atomic mass is 10.0. The number of hydrogen-bond donors (Lipinski definition) is 2. The molecule has 0 amide bonds. The predicted molar refractivity (Wildman–Crippen MR) is 71.5 cm³/mol. The Morgan fingerprint density at radius 3 is 2.25 bits per heavy atom. The molecule has 0 atom stereocenters. The van der Waals surface area contributed by atoms with Crippen molar-refractivity contribution < 1.29 is 22.3 Å². The zero-order valence-electron chi connectivity index (χ0n) is 10.9. The highest BCUT2D eigenvalue weighted by Gasteiger charge is 2.30. The molecule has 0 unspecified atom stereocenters. The van der Waals surface area contributed by atoms with Gasteiger partial charge < -0.3 is 10.4 Å². The van der Waals surface area contributed by atoms with Crippen LogP contribution in [0.15, 0.2) is 29.2 Å². The zero-order chi connectivity index (χ0) is 14.8. The van der Waals surface area contributed by atoms with Crippen molar-refractivity contribution in [2.24, 2.45) is 0 Å². The van der Waals surface area contributed by atoms with Crippen LogP contribution in [-0.4, -0.2) is 31.4 Å². The van der Waals surface area contributed by atoms with Crippen LogP contribution in [0.4, 0.5) is 14.5 Å². The van der Waals surface area contributed by atoms with Gasteiger partial charge in [0.05, 0.1) is 10.5 Å². The lowest BCUT2D eigenvalue weighted by molar-refractivity contribution is 0.0615. The Morgan fingerprint density at radius 2 is 1.75 bits per heavy atom. The summed E-state index contributed by atoms with van der Waals surface area (Å²) in [6, 6.07) is 5.13. The van der Waals surface area contributed by atoms with E-state index in [9.17, 15) is 22.3 Å². The van der Waals surface area contributed by atoms with E-state index in [0.29, 0.717) is 12.2 Å². The van der Waals surface area contributed by atoms with Crippen molar-refractivity contribution in [3.63, 3.8) is 0 Å². The second kappa shape index (κ2) is 5.65. The van der Waals surface area contributed by atoms with E-state index in [1.54, 1.807) is 0 Å². The average molecular weight is 305 g/mol. The number of sulfone groups is 1. The first-order valence-corrected chi connectivity index (χ1v) is 7.97. The Morgan fingerprint density at radius 1 is 1.20 bits per heavy atom. The lowest BCUT2D eigenvalue weighted by Gasteiger charge is -2.23. The third kappa shape index (κ3) is 3.27. The Balaban J connectivity index is 2.02. The van der Waals surface area contributed by atoms with Crippen LogP contribution in [0.5, 0.6) is 0 Å². The Kier molecular flexibility index (Phi) is 4.29. The lowest BCUT2D eigenvalue weighted by Crippen LogP contribution is -2.33. The third-order valence-corrected chi connectivity index (χ3v) is 4.97. The number of aliphatic hydroxyl groups is 1. The molecular weight excluding hydrogens is 288 g/mol. The first kappa shape index (κ1) is 15.2. The van der Waals surface area contributed by atoms with Gasteiger partial charge in [-0.1, -0.05) is 12.8 Å². The molecule has 1 aromatic carbocycles. The van der Waals surface area contributed by atoms with Crippen LogP contribution >= 0.6 is 0 Å². The fraction of sp³-hybridized carbons (Fsp3) is 0.538. The molecule has 7 heteroatoms. The summed E-state index contributed by atoms with van der Waals surface area (Å²) >= 11 is 0. The quantitative estimate of drug-likeness (QED) is 0.876. The van der Waals surface area contributed by atoms with Crippen LogP contribution in [-0.2, 0) is 9.84 Å². The summed E-state index contributed by atoms with van der Waals surface area (Å²) in [5, 5.41) is 13.2. The molecule has 0 spiro atoms. The fourth-order valence-corrected chi connectivity index (χ4v) is 3.06. The minimum Gasteiger partial charge on any atom is -0.388 e. The molecule has 1 aromatic rings. The summed E-state index contributed by atoms with van der Waals surface area (Å²) in [5.41, 5.74) is -0.133. The third-order valence-electron chi connectivity index (χ3n) is 3.57. The number of anilines is 1. The number of alkyl halides is 2. The number of halogens is 2. The van der Waals surface area contributed by atoms with Gasteiger partial charge in [0.2, 0.25) is 9.84 Å². The van der Waals surface area contributed by atoms with Crippen LogP contribution < -0.4 is 5.32 Å². The van der Waals surface area contributed by atoms with Crippen molar-refractivity contribution in [3.05, 3.63) is 24.3 Å². The van der Waals surface area contributed by atoms with Gasteiger partial charge in [0.25, 0.3) is 0 Å². The molecule has 0 heterocycles. The van der Waals surface area contributed by atoms with Gasteiger partial charge in [-0.25, -0.2) is 8.42 Å². The second-order valence-corrected chi connectivity index (χ2v) is 7.03. The molecule has 20 heavy (non-hydrogen) atoms. The minimum absolute atomic E-state index is 0.369. The molecule has 112 valence electrons. The van der Waals surface area contributed by atoms with E-state index in [0.717, 1.165) is 37.8 Å². The highest BCUT2D eigenvalue weighted by Crippen LogP contribution is 2.29. The Bertz CT molecular complexity index is 551. The van der Waals surface area contributed by atoms with E-state index in [2.05, 4.69) is 5.32 Å². The van der Waals surface area contributed by atoms with E-state index >= 15 is 0 Å². The van der Waals surface area contributed by atoms with Crippen LogP contribution in [0, 0.1) is 0 Å². The maximum absolute atomic E-state index is 12.4. The molecule has 2 rings (SSSR count). The van der Waals surface area contributed by atoms with Crippen LogP contribution in [0.3, 0.4) is 0 Å². The van der Waals surface area contributed by atoms with E-state index in [4.69, 9.17) is 0 Å². The minimum atomic E-state index is -4.55. The molecule has 1 saturated carbocycles. The van der Waals surface area contributed by atoms with E-state index in [1.165, 1.54) is 12.1 Å². The maximum Gasteiger partial charge on any atom is 0.341 e. The van der Waals surface area contributed by atoms with Gasteiger partial charge >= 0.3 is 5.76 Å². The largest absolute Gasteiger partial charge is 0.388 e. The van der Waals surface area contributed by atoms with Gasteiger partial charge in [-0.05, 0) is 37.1 Å². The molecule has 1 aliphatic carbocycles. The fourth-order valence-electron chi connectivity index (χ4n) is 2.34. The molecule has 1 fully saturated rings. The van der Waals surface area contributed by atoms with E-state index in [-0.39, 0.29) is 0 Å². The van der Waals surface area contributed by atoms with E-state index in [1.807, 2.05) is 0 Å². The van der Waals surface area contributed by atoms with Crippen molar-refractivity contribution in [1.29, 1.82) is 0 Å². The van der Waals surface area contributed by atoms with Crippen molar-refractivity contribution in [2.45, 2.75) is 41.9 Å². The SMILES string of the molecule is O=S(=O)(c1ccc(NCC2(O)CCCC2)cc1)C(F)F. The number of benzene rings is 1. The first-order chi connectivity index (χ1) is 9.33. The summed E-state index contributed by atoms with van der Waals surface area (Å²) < 4.78 is 47.2. The standard InChI is InChI=1S/C13H17F2NO3S/c14-12(15)20(18,19)11-5-3-10(4-6-11)16-9-13(17)7-1-2-8-13/h3-6,12,16-17H,1-2,7-9H2. The van der Waals surface area contributed by atoms with Crippen molar-refractivity contribution >= 4 is 15.5 Å². The molecule has 0 bridgehead atoms. The van der Waals surface area contributed by atoms with Crippen molar-refractivity contribution in [2.75, 3.05) is 11.9 Å². The van der Waals surface area contributed by atoms with Crippen molar-refractivity contribution in [3.8, 4) is 0 Å². The van der Waals surface area contributed by atoms with Gasteiger partial charge in [-0.3, -0.25) is 0 Å². The normalized spacial score (nSPS) is 18.4. The number of nitrogens with one attached hydrogen (secondary N) is 1. The molecule has 1 aliphatic rings. The molecule has 4 nitrogen and oxygen atoms in total. The summed E-state index contributed by atoms with van der Waals surface area (Å²) in [7, 11) is -4.55. The maximum atomic E-state index is 12.4. The number of rotatable bonds is 5. The molecule has 0 aromatic heterocycles. The van der Waals surface area contributed by atoms with Crippen LogP contribution in [0.2, 0.25) is 0 Å². The summed E-state index contributed by atoms with van der Waals surface area (Å²) in [4.78, 5) is -0.405. The topological polar surface area (TPSA) is 66.4 Å². The predicted octanol–water partition coefficient (Wildman–Crippen LogP) is 2.40. The highest BCUT2D eigenvalue weighted by molar-refractivity contribution is 7.91. The molecule has 0 saturated heterocycles. The first-order valence-electron chi connectivity index (χ1n) is 6.42. The molecular formula is C13H17F2NO3S. The van der Waals surface area contributed by atoms with Gasteiger partial charge in [-0.15, -0.1) is 0 Å². The second-order valence-electron chi connectivity index (χ2n) is 5.12. The van der Waals surface area contributed by atoms with Crippen LogP contribution in [0.1, 0.15) is 25.7 Å². The van der Waals surface area contributed by atoms with Gasteiger partial charge in [0.15, 0.2) is 0 Å². The molecule has 2 N–H and O–H groups in total. The van der Waals surface area contributed by atoms with Gasteiger partial charge in [-0.2, -0.15) is 8.78 Å². The van der Waals surface area contributed by atoms with Crippen LogP contribution in [0.25, 0.3) is 0 Å². The van der Waals surface area contributed by atoms with Gasteiger partial charge in [0.1, 0.15) is 0 Å². The Hall–Kier alpha value is -1.21. The summed E-state index contributed by atoms with van der Waals surface area (Å²) in [5.74, 6) is -3.42. The van der Waals surface area contributed by atoms with Gasteiger partial charge in [0, 0.05) is 12.2 Å². The van der Waals surface area contributed by atoms with Crippen molar-refractivity contribution in [1.82, 2.24) is 0 Å². The molecule has 0 radical (unpaired) electrons. The zero-order valence-corrected chi connectivity index (χ0v) is 11.7. The highest BCUT2D eigenvalue weighted by atomic mass is 32.2. The van der Waals surface area contributed by atoms with E-state index < -0.39 is 26.1 Å². The summed E-state index contributed by atoms with van der Waals surface area (Å²) in [6.07, 6.45) is 3.45. The summed E-state index contributed by atoms with van der Waals surface area (Å²) in [6.45, 7) is 0.369. The monoisotopic (exact) mass is 305 g/mol. The average Bonchev–Trinajstić information content (AvgIpc) is 2.84. The number of hydrogen-bond acceptors (Lipinski definition) is 4. The molecule has 0 aliphatic heterocycles. The Labute approximate surface area is 116 Å².